The van der Waals surface area contributed by atoms with Crippen molar-refractivity contribution in [3.8, 4) is 27.9 Å². The predicted molar refractivity (Wildman–Crippen MR) is 159 cm³/mol. The van der Waals surface area contributed by atoms with Crippen LogP contribution >= 0.6 is 0 Å². The van der Waals surface area contributed by atoms with Crippen LogP contribution in [0.25, 0.3) is 38.7 Å². The summed E-state index contributed by atoms with van der Waals surface area (Å²) in [5, 5.41) is 5.00. The number of aromatic nitrogens is 5. The highest BCUT2D eigenvalue weighted by Gasteiger charge is 2.20. The summed E-state index contributed by atoms with van der Waals surface area (Å²) in [5.41, 5.74) is 11.8. The van der Waals surface area contributed by atoms with E-state index in [2.05, 4.69) is 31.3 Å². The maximum absolute atomic E-state index is 14.4. The molecule has 6 aromatic rings. The Hall–Kier alpha value is -5.37. The first-order chi connectivity index (χ1) is 19.5. The topological polar surface area (TPSA) is 112 Å². The summed E-state index contributed by atoms with van der Waals surface area (Å²) < 4.78 is 1.77. The van der Waals surface area contributed by atoms with E-state index in [9.17, 15) is 4.79 Å². The molecule has 4 heterocycles. The van der Waals surface area contributed by atoms with Crippen molar-refractivity contribution in [3.05, 3.63) is 125 Å². The van der Waals surface area contributed by atoms with Crippen molar-refractivity contribution in [2.45, 2.75) is 19.9 Å². The van der Waals surface area contributed by atoms with E-state index in [-0.39, 0.29) is 17.5 Å². The summed E-state index contributed by atoms with van der Waals surface area (Å²) in [6.07, 6.45) is 6.90. The first-order valence-electron chi connectivity index (χ1n) is 13.0. The molecule has 0 saturated carbocycles. The van der Waals surface area contributed by atoms with E-state index in [1.54, 1.807) is 29.4 Å². The Balaban J connectivity index is 1.54. The summed E-state index contributed by atoms with van der Waals surface area (Å²) in [7, 11) is 0. The van der Waals surface area contributed by atoms with E-state index in [1.165, 1.54) is 0 Å². The summed E-state index contributed by atoms with van der Waals surface area (Å²) in [5.74, 6) is 0.725. The van der Waals surface area contributed by atoms with Crippen molar-refractivity contribution in [3.63, 3.8) is 0 Å². The fraction of sp³-hybridized carbons (Fsp3) is 0.0938. The van der Waals surface area contributed by atoms with Crippen LogP contribution in [0.15, 0.2) is 108 Å². The lowest BCUT2D eigenvalue weighted by Crippen LogP contribution is -2.26. The lowest BCUT2D eigenvalue weighted by Gasteiger charge is -2.23. The van der Waals surface area contributed by atoms with E-state index >= 15 is 0 Å². The number of nitrogens with zero attached hydrogens (tertiary/aromatic N) is 5. The van der Waals surface area contributed by atoms with Crippen molar-refractivity contribution >= 4 is 22.5 Å². The second kappa shape index (κ2) is 10.4. The van der Waals surface area contributed by atoms with Crippen LogP contribution in [0, 0.1) is 6.92 Å². The van der Waals surface area contributed by atoms with Crippen LogP contribution in [-0.4, -0.2) is 24.5 Å². The largest absolute Gasteiger partial charge is 0.368 e. The van der Waals surface area contributed by atoms with Crippen molar-refractivity contribution in [1.82, 2.24) is 24.5 Å². The SMILES string of the molecule is Cc1cc(-c2cccc3cc([C@H](C)Nc4nc(N)ncc4-c4ccncc4)n(-c4ccccc4)c(=O)c23)ccn1. The van der Waals surface area contributed by atoms with E-state index in [0.717, 1.165) is 44.7 Å². The van der Waals surface area contributed by atoms with Gasteiger partial charge in [0.2, 0.25) is 5.95 Å². The molecule has 0 bridgehead atoms. The van der Waals surface area contributed by atoms with Gasteiger partial charge in [0.1, 0.15) is 5.82 Å². The van der Waals surface area contributed by atoms with Crippen LogP contribution in [0.4, 0.5) is 11.8 Å². The average molecular weight is 526 g/mol. The highest BCUT2D eigenvalue weighted by molar-refractivity contribution is 5.96. The molecule has 196 valence electrons. The monoisotopic (exact) mass is 525 g/mol. The number of nitrogens with two attached hydrogens (primary N) is 1. The zero-order valence-electron chi connectivity index (χ0n) is 22.1. The van der Waals surface area contributed by atoms with Gasteiger partial charge in [0.15, 0.2) is 0 Å². The van der Waals surface area contributed by atoms with Crippen LogP contribution < -0.4 is 16.6 Å². The zero-order chi connectivity index (χ0) is 27.6. The molecule has 0 spiro atoms. The Morgan fingerprint density at radius 1 is 0.850 bits per heavy atom. The van der Waals surface area contributed by atoms with E-state index in [0.29, 0.717) is 11.2 Å². The molecular formula is C32H27N7O. The fourth-order valence-corrected chi connectivity index (χ4v) is 5.03. The van der Waals surface area contributed by atoms with Crippen molar-refractivity contribution in [1.29, 1.82) is 0 Å². The fourth-order valence-electron chi connectivity index (χ4n) is 5.03. The molecule has 3 N–H and O–H groups in total. The molecule has 8 nitrogen and oxygen atoms in total. The average Bonchev–Trinajstić information content (AvgIpc) is 2.97. The first kappa shape index (κ1) is 24.9. The second-order valence-electron chi connectivity index (χ2n) is 9.59. The number of anilines is 2. The van der Waals surface area contributed by atoms with Gasteiger partial charge in [-0.25, -0.2) is 4.98 Å². The Morgan fingerprint density at radius 3 is 2.40 bits per heavy atom. The van der Waals surface area contributed by atoms with Gasteiger partial charge in [0, 0.05) is 47.4 Å². The first-order valence-corrected chi connectivity index (χ1v) is 13.0. The number of rotatable bonds is 6. The molecule has 4 aromatic heterocycles. The highest BCUT2D eigenvalue weighted by atomic mass is 16.1. The third-order valence-electron chi connectivity index (χ3n) is 6.89. The smallest absolute Gasteiger partial charge is 0.263 e. The van der Waals surface area contributed by atoms with E-state index in [4.69, 9.17) is 5.73 Å². The van der Waals surface area contributed by atoms with Crippen LogP contribution in [-0.2, 0) is 0 Å². The van der Waals surface area contributed by atoms with Crippen LogP contribution in [0.2, 0.25) is 0 Å². The molecule has 0 fully saturated rings. The lowest BCUT2D eigenvalue weighted by atomic mass is 9.98. The standard InChI is InChI=1S/C32H27N7O/c1-20-17-23(13-16-35-20)26-10-6-7-24-18-28(39(31(40)29(24)26)25-8-4-3-5-9-25)21(2)37-30-27(19-36-32(33)38-30)22-11-14-34-15-12-22/h3-19,21H,1-2H3,(H3,33,36,37,38)/t21-/m0/s1. The molecule has 1 atom stereocenters. The van der Waals surface area contributed by atoms with Crippen LogP contribution in [0.5, 0.6) is 0 Å². The third kappa shape index (κ3) is 4.67. The minimum atomic E-state index is -0.320. The van der Waals surface area contributed by atoms with Crippen molar-refractivity contribution in [2.24, 2.45) is 0 Å². The molecule has 0 aliphatic heterocycles. The van der Waals surface area contributed by atoms with Crippen LogP contribution in [0.3, 0.4) is 0 Å². The number of nitrogen functional groups attached to an aromatic ring is 1. The Labute approximate surface area is 231 Å². The zero-order valence-corrected chi connectivity index (χ0v) is 22.1. The molecule has 0 unspecified atom stereocenters. The molecule has 8 heteroatoms. The number of hydrogen-bond donors (Lipinski definition) is 2. The molecule has 6 rings (SSSR count). The molecule has 2 aromatic carbocycles. The summed E-state index contributed by atoms with van der Waals surface area (Å²) in [6.45, 7) is 3.95. The van der Waals surface area contributed by atoms with Gasteiger partial charge < -0.3 is 11.1 Å². The number of benzene rings is 2. The molecule has 40 heavy (non-hydrogen) atoms. The minimum absolute atomic E-state index is 0.103. The van der Waals surface area contributed by atoms with E-state index < -0.39 is 0 Å². The molecule has 0 saturated heterocycles. The minimum Gasteiger partial charge on any atom is -0.368 e. The Kier molecular flexibility index (Phi) is 6.49. The second-order valence-corrected chi connectivity index (χ2v) is 9.59. The maximum Gasteiger partial charge on any atom is 0.263 e. The molecular weight excluding hydrogens is 498 g/mol. The third-order valence-corrected chi connectivity index (χ3v) is 6.89. The molecule has 0 radical (unpaired) electrons. The number of nitrogens with one attached hydrogen (secondary N) is 1. The van der Waals surface area contributed by atoms with Gasteiger partial charge >= 0.3 is 0 Å². The van der Waals surface area contributed by atoms with Crippen LogP contribution in [0.1, 0.15) is 24.4 Å². The van der Waals surface area contributed by atoms with Gasteiger partial charge in [-0.15, -0.1) is 0 Å². The van der Waals surface area contributed by atoms with Crippen molar-refractivity contribution < 1.29 is 0 Å². The number of pyridine rings is 3. The van der Waals surface area contributed by atoms with Gasteiger partial charge in [-0.3, -0.25) is 19.3 Å². The van der Waals surface area contributed by atoms with Gasteiger partial charge in [0.25, 0.3) is 5.56 Å². The predicted octanol–water partition coefficient (Wildman–Crippen LogP) is 5.97. The number of hydrogen-bond acceptors (Lipinski definition) is 7. The Morgan fingerprint density at radius 2 is 1.62 bits per heavy atom. The number of fused-ring (bicyclic) bond motifs is 1. The van der Waals surface area contributed by atoms with Gasteiger partial charge in [-0.1, -0.05) is 36.4 Å². The maximum atomic E-state index is 14.4. The number of aryl methyl sites for hydroxylation is 1. The summed E-state index contributed by atoms with van der Waals surface area (Å²) >= 11 is 0. The quantitative estimate of drug-likeness (QED) is 0.276. The lowest BCUT2D eigenvalue weighted by molar-refractivity contribution is 0.773. The van der Waals surface area contributed by atoms with Gasteiger partial charge in [-0.2, -0.15) is 4.98 Å². The van der Waals surface area contributed by atoms with E-state index in [1.807, 2.05) is 86.6 Å². The number of para-hydroxylation sites is 1. The van der Waals surface area contributed by atoms with Crippen molar-refractivity contribution in [2.75, 3.05) is 11.1 Å². The Bertz CT molecular complexity index is 1890. The van der Waals surface area contributed by atoms with Gasteiger partial charge in [0.05, 0.1) is 11.4 Å². The van der Waals surface area contributed by atoms with Gasteiger partial charge in [-0.05, 0) is 78.4 Å². The summed E-state index contributed by atoms with van der Waals surface area (Å²) in [6, 6.07) is 25.1. The molecule has 0 amide bonds. The molecule has 0 aliphatic rings. The molecule has 0 aliphatic carbocycles. The normalized spacial score (nSPS) is 11.8. The highest BCUT2D eigenvalue weighted by Crippen LogP contribution is 2.32. The summed E-state index contributed by atoms with van der Waals surface area (Å²) in [4.78, 5) is 31.6.